The van der Waals surface area contributed by atoms with E-state index >= 15 is 0 Å². The molecule has 0 aromatic rings. The second kappa shape index (κ2) is 6.73. The molecule has 1 aliphatic carbocycles. The maximum atomic E-state index is 12.0. The van der Waals surface area contributed by atoms with E-state index in [1.165, 1.54) is 0 Å². The predicted molar refractivity (Wildman–Crippen MR) is 69.0 cm³/mol. The highest BCUT2D eigenvalue weighted by Crippen LogP contribution is 2.26. The Kier molecular flexibility index (Phi) is 5.59. The van der Waals surface area contributed by atoms with E-state index in [-0.39, 0.29) is 18.2 Å². The zero-order chi connectivity index (χ0) is 13.6. The summed E-state index contributed by atoms with van der Waals surface area (Å²) in [4.78, 5) is 22.7. The number of nitrogens with two attached hydrogens (primary N) is 1. The number of aliphatic carboxylic acids is 1. The van der Waals surface area contributed by atoms with Gasteiger partial charge in [0.05, 0.1) is 5.54 Å². The summed E-state index contributed by atoms with van der Waals surface area (Å²) < 4.78 is 0. The van der Waals surface area contributed by atoms with E-state index in [1.807, 2.05) is 6.92 Å². The number of carbonyl (C=O) groups excluding carboxylic acids is 1. The Hall–Kier alpha value is -1.10. The SMILES string of the molecule is CCC(CNC(=O)C1(N)CCCCC1)CC(=O)O. The number of rotatable bonds is 6. The summed E-state index contributed by atoms with van der Waals surface area (Å²) in [5.41, 5.74) is 5.37. The van der Waals surface area contributed by atoms with E-state index in [4.69, 9.17) is 10.8 Å². The van der Waals surface area contributed by atoms with Gasteiger partial charge in [0.2, 0.25) is 5.91 Å². The van der Waals surface area contributed by atoms with Gasteiger partial charge in [-0.2, -0.15) is 0 Å². The summed E-state index contributed by atoms with van der Waals surface area (Å²) in [6, 6.07) is 0. The summed E-state index contributed by atoms with van der Waals surface area (Å²) in [7, 11) is 0. The Morgan fingerprint density at radius 1 is 1.33 bits per heavy atom. The van der Waals surface area contributed by atoms with Crippen LogP contribution in [0.25, 0.3) is 0 Å². The monoisotopic (exact) mass is 256 g/mol. The standard InChI is InChI=1S/C13H24N2O3/c1-2-10(8-11(16)17)9-15-12(18)13(14)6-4-3-5-7-13/h10H,2-9,14H2,1H3,(H,15,18)(H,16,17). The van der Waals surface area contributed by atoms with E-state index in [0.29, 0.717) is 6.54 Å². The van der Waals surface area contributed by atoms with Crippen LogP contribution in [0.1, 0.15) is 51.9 Å². The highest BCUT2D eigenvalue weighted by atomic mass is 16.4. The van der Waals surface area contributed by atoms with Crippen LogP contribution < -0.4 is 11.1 Å². The summed E-state index contributed by atoms with van der Waals surface area (Å²) in [6.07, 6.45) is 5.43. The van der Waals surface area contributed by atoms with Gasteiger partial charge in [0, 0.05) is 13.0 Å². The van der Waals surface area contributed by atoms with Crippen LogP contribution in [0.3, 0.4) is 0 Å². The molecular formula is C13H24N2O3. The van der Waals surface area contributed by atoms with Crippen LogP contribution >= 0.6 is 0 Å². The van der Waals surface area contributed by atoms with Crippen molar-refractivity contribution in [3.05, 3.63) is 0 Å². The average molecular weight is 256 g/mol. The van der Waals surface area contributed by atoms with Crippen molar-refractivity contribution in [1.82, 2.24) is 5.32 Å². The second-order valence-corrected chi connectivity index (χ2v) is 5.30. The molecular weight excluding hydrogens is 232 g/mol. The number of carboxylic acid groups (broad SMARTS) is 1. The van der Waals surface area contributed by atoms with Gasteiger partial charge < -0.3 is 16.2 Å². The topological polar surface area (TPSA) is 92.4 Å². The molecule has 0 bridgehead atoms. The number of nitrogens with one attached hydrogen (secondary N) is 1. The molecule has 4 N–H and O–H groups in total. The zero-order valence-corrected chi connectivity index (χ0v) is 11.1. The Morgan fingerprint density at radius 2 is 1.94 bits per heavy atom. The summed E-state index contributed by atoms with van der Waals surface area (Å²) >= 11 is 0. The highest BCUT2D eigenvalue weighted by Gasteiger charge is 2.35. The van der Waals surface area contributed by atoms with E-state index in [2.05, 4.69) is 5.32 Å². The van der Waals surface area contributed by atoms with Crippen molar-refractivity contribution >= 4 is 11.9 Å². The van der Waals surface area contributed by atoms with Crippen molar-refractivity contribution in [3.8, 4) is 0 Å². The fourth-order valence-electron chi connectivity index (χ4n) is 2.43. The van der Waals surface area contributed by atoms with Gasteiger partial charge in [0.1, 0.15) is 0 Å². The highest BCUT2D eigenvalue weighted by molar-refractivity contribution is 5.86. The van der Waals surface area contributed by atoms with Crippen LogP contribution in [-0.4, -0.2) is 29.1 Å². The summed E-state index contributed by atoms with van der Waals surface area (Å²) in [6.45, 7) is 2.33. The second-order valence-electron chi connectivity index (χ2n) is 5.30. The van der Waals surface area contributed by atoms with Crippen LogP contribution in [-0.2, 0) is 9.59 Å². The molecule has 0 saturated heterocycles. The minimum absolute atomic E-state index is 0.0151. The minimum atomic E-state index is -0.823. The molecule has 1 amide bonds. The molecule has 0 spiro atoms. The molecule has 0 aromatic carbocycles. The first kappa shape index (κ1) is 15.0. The van der Waals surface area contributed by atoms with Gasteiger partial charge >= 0.3 is 5.97 Å². The molecule has 1 unspecified atom stereocenters. The molecule has 5 nitrogen and oxygen atoms in total. The van der Waals surface area contributed by atoms with Gasteiger partial charge in [-0.3, -0.25) is 9.59 Å². The fourth-order valence-corrected chi connectivity index (χ4v) is 2.43. The largest absolute Gasteiger partial charge is 0.481 e. The van der Waals surface area contributed by atoms with Crippen LogP contribution in [0.15, 0.2) is 0 Å². The van der Waals surface area contributed by atoms with Crippen molar-refractivity contribution < 1.29 is 14.7 Å². The van der Waals surface area contributed by atoms with Gasteiger partial charge in [0.25, 0.3) is 0 Å². The first-order valence-corrected chi connectivity index (χ1v) is 6.77. The molecule has 18 heavy (non-hydrogen) atoms. The zero-order valence-electron chi connectivity index (χ0n) is 11.1. The van der Waals surface area contributed by atoms with Gasteiger partial charge in [-0.05, 0) is 18.8 Å². The molecule has 1 atom stereocenters. The molecule has 0 aliphatic heterocycles. The molecule has 1 fully saturated rings. The Morgan fingerprint density at radius 3 is 2.44 bits per heavy atom. The first-order valence-electron chi connectivity index (χ1n) is 6.77. The third kappa shape index (κ3) is 4.29. The maximum absolute atomic E-state index is 12.0. The van der Waals surface area contributed by atoms with Crippen molar-refractivity contribution in [2.24, 2.45) is 11.7 Å². The molecule has 0 aromatic heterocycles. The van der Waals surface area contributed by atoms with Gasteiger partial charge in [0.15, 0.2) is 0 Å². The van der Waals surface area contributed by atoms with Crippen LogP contribution in [0.4, 0.5) is 0 Å². The minimum Gasteiger partial charge on any atom is -0.481 e. The lowest BCUT2D eigenvalue weighted by molar-refractivity contribution is -0.138. The van der Waals surface area contributed by atoms with Gasteiger partial charge in [-0.25, -0.2) is 0 Å². The lowest BCUT2D eigenvalue weighted by Gasteiger charge is -2.32. The fraction of sp³-hybridized carbons (Fsp3) is 0.846. The Balaban J connectivity index is 2.41. The van der Waals surface area contributed by atoms with Crippen LogP contribution in [0.5, 0.6) is 0 Å². The number of carbonyl (C=O) groups is 2. The lowest BCUT2D eigenvalue weighted by Crippen LogP contribution is -2.55. The normalized spacial score (nSPS) is 20.1. The predicted octanol–water partition coefficient (Wildman–Crippen LogP) is 1.27. The van der Waals surface area contributed by atoms with Crippen molar-refractivity contribution in [2.45, 2.75) is 57.4 Å². The number of carboxylic acids is 1. The molecule has 1 rings (SSSR count). The van der Waals surface area contributed by atoms with Gasteiger partial charge in [-0.1, -0.05) is 32.6 Å². The number of amides is 1. The molecule has 5 heteroatoms. The van der Waals surface area contributed by atoms with Crippen molar-refractivity contribution in [1.29, 1.82) is 0 Å². The Bertz CT molecular complexity index is 299. The number of hydrogen-bond acceptors (Lipinski definition) is 3. The van der Waals surface area contributed by atoms with E-state index in [9.17, 15) is 9.59 Å². The molecule has 1 aliphatic rings. The third-order valence-corrected chi connectivity index (χ3v) is 3.79. The molecule has 1 saturated carbocycles. The van der Waals surface area contributed by atoms with Crippen LogP contribution in [0, 0.1) is 5.92 Å². The quantitative estimate of drug-likeness (QED) is 0.667. The van der Waals surface area contributed by atoms with E-state index in [1.54, 1.807) is 0 Å². The smallest absolute Gasteiger partial charge is 0.303 e. The molecule has 0 heterocycles. The van der Waals surface area contributed by atoms with Crippen molar-refractivity contribution in [3.63, 3.8) is 0 Å². The number of hydrogen-bond donors (Lipinski definition) is 3. The van der Waals surface area contributed by atoms with Crippen molar-refractivity contribution in [2.75, 3.05) is 6.54 Å². The van der Waals surface area contributed by atoms with Crippen LogP contribution in [0.2, 0.25) is 0 Å². The first-order chi connectivity index (χ1) is 8.48. The molecule has 0 radical (unpaired) electrons. The average Bonchev–Trinajstić information content (AvgIpc) is 2.34. The lowest BCUT2D eigenvalue weighted by atomic mass is 9.82. The van der Waals surface area contributed by atoms with E-state index < -0.39 is 11.5 Å². The maximum Gasteiger partial charge on any atom is 0.303 e. The van der Waals surface area contributed by atoms with Gasteiger partial charge in [-0.15, -0.1) is 0 Å². The van der Waals surface area contributed by atoms with E-state index in [0.717, 1.165) is 38.5 Å². The Labute approximate surface area is 108 Å². The third-order valence-electron chi connectivity index (χ3n) is 3.79. The molecule has 104 valence electrons. The summed E-state index contributed by atoms with van der Waals surface area (Å²) in [5.74, 6) is -0.957. The summed E-state index contributed by atoms with van der Waals surface area (Å²) in [5, 5.41) is 11.6.